The second kappa shape index (κ2) is 4.60. The zero-order valence-corrected chi connectivity index (χ0v) is 9.48. The summed E-state index contributed by atoms with van der Waals surface area (Å²) in [6.45, 7) is 1.39. The van der Waals surface area contributed by atoms with Crippen molar-refractivity contribution in [1.29, 1.82) is 0 Å². The largest absolute Gasteiger partial charge is 0.481 e. The van der Waals surface area contributed by atoms with E-state index in [-0.39, 0.29) is 0 Å². The van der Waals surface area contributed by atoms with Gasteiger partial charge in [-0.25, -0.2) is 0 Å². The van der Waals surface area contributed by atoms with Gasteiger partial charge in [0.2, 0.25) is 7.37 Å². The van der Waals surface area contributed by atoms with Crippen LogP contribution in [0.2, 0.25) is 0 Å². The van der Waals surface area contributed by atoms with Crippen LogP contribution in [0.1, 0.15) is 6.92 Å². The van der Waals surface area contributed by atoms with E-state index in [0.717, 1.165) is 0 Å². The third-order valence-electron chi connectivity index (χ3n) is 2.25. The lowest BCUT2D eigenvalue weighted by Gasteiger charge is -2.20. The number of benzene rings is 1. The lowest BCUT2D eigenvalue weighted by molar-refractivity contribution is -0.136. The molecule has 0 saturated carbocycles. The highest BCUT2D eigenvalue weighted by Crippen LogP contribution is 2.49. The summed E-state index contributed by atoms with van der Waals surface area (Å²) in [5, 5.41) is 9.29. The molecule has 0 bridgehead atoms. The fourth-order valence-corrected chi connectivity index (χ4v) is 3.12. The quantitative estimate of drug-likeness (QED) is 0.797. The summed E-state index contributed by atoms with van der Waals surface area (Å²) >= 11 is 0. The van der Waals surface area contributed by atoms with E-state index >= 15 is 0 Å². The average Bonchev–Trinajstić information content (AvgIpc) is 2.28. The topological polar surface area (TPSA) is 63.6 Å². The van der Waals surface area contributed by atoms with Gasteiger partial charge in [-0.1, -0.05) is 18.2 Å². The van der Waals surface area contributed by atoms with Crippen molar-refractivity contribution in [3.8, 4) is 0 Å². The van der Waals surface area contributed by atoms with E-state index in [9.17, 15) is 9.36 Å². The van der Waals surface area contributed by atoms with E-state index < -0.39 is 19.0 Å². The van der Waals surface area contributed by atoms with Crippen molar-refractivity contribution in [3.63, 3.8) is 0 Å². The molecule has 0 amide bonds. The molecule has 4 nitrogen and oxygen atoms in total. The van der Waals surface area contributed by atoms with Gasteiger partial charge in [-0.2, -0.15) is 0 Å². The summed E-state index contributed by atoms with van der Waals surface area (Å²) in [7, 11) is -2.03. The average molecular weight is 228 g/mol. The second-order valence-corrected chi connectivity index (χ2v) is 5.98. The number of aliphatic carboxylic acids is 1. The maximum atomic E-state index is 12.3. The SMILES string of the molecule is COP(=O)(c1ccccc1)C(C)C(=O)O. The van der Waals surface area contributed by atoms with Crippen molar-refractivity contribution in [2.24, 2.45) is 0 Å². The maximum absolute atomic E-state index is 12.3. The first-order valence-corrected chi connectivity index (χ1v) is 6.15. The normalized spacial score (nSPS) is 16.7. The van der Waals surface area contributed by atoms with Crippen LogP contribution >= 0.6 is 7.37 Å². The third-order valence-corrected chi connectivity index (χ3v) is 5.06. The molecule has 15 heavy (non-hydrogen) atoms. The molecule has 0 aromatic heterocycles. The van der Waals surface area contributed by atoms with Gasteiger partial charge in [0.05, 0.1) is 0 Å². The van der Waals surface area contributed by atoms with Crippen LogP contribution in [0.5, 0.6) is 0 Å². The Morgan fingerprint density at radius 3 is 2.33 bits per heavy atom. The first kappa shape index (κ1) is 12.0. The van der Waals surface area contributed by atoms with Crippen LogP contribution in [-0.4, -0.2) is 23.8 Å². The number of hydrogen-bond donors (Lipinski definition) is 1. The first-order chi connectivity index (χ1) is 7.02. The first-order valence-electron chi connectivity index (χ1n) is 4.46. The van der Waals surface area contributed by atoms with E-state index in [1.807, 2.05) is 0 Å². The van der Waals surface area contributed by atoms with Crippen LogP contribution in [0.15, 0.2) is 30.3 Å². The Bertz CT molecular complexity index is 388. The van der Waals surface area contributed by atoms with Crippen LogP contribution in [0, 0.1) is 0 Å². The Kier molecular flexibility index (Phi) is 3.66. The van der Waals surface area contributed by atoms with Crippen LogP contribution in [-0.2, 0) is 13.9 Å². The molecule has 0 aliphatic rings. The fraction of sp³-hybridized carbons (Fsp3) is 0.300. The molecule has 0 fully saturated rings. The van der Waals surface area contributed by atoms with Crippen molar-refractivity contribution < 1.29 is 19.0 Å². The summed E-state index contributed by atoms with van der Waals surface area (Å²) < 4.78 is 17.2. The number of carbonyl (C=O) groups is 1. The minimum Gasteiger partial charge on any atom is -0.481 e. The zero-order chi connectivity index (χ0) is 11.5. The summed E-state index contributed by atoms with van der Waals surface area (Å²) in [4.78, 5) is 10.8. The van der Waals surface area contributed by atoms with Crippen molar-refractivity contribution in [2.75, 3.05) is 7.11 Å². The lowest BCUT2D eigenvalue weighted by atomic mass is 10.4. The number of carboxylic acids is 1. The standard InChI is InChI=1S/C10H13O4P/c1-8(10(11)12)15(13,14-2)9-6-4-3-5-7-9/h3-8H,1-2H3,(H,11,12). The van der Waals surface area contributed by atoms with E-state index in [0.29, 0.717) is 5.30 Å². The molecule has 5 heteroatoms. The minimum atomic E-state index is -3.30. The molecule has 0 spiro atoms. The monoisotopic (exact) mass is 228 g/mol. The molecule has 2 unspecified atom stereocenters. The molecule has 0 radical (unpaired) electrons. The Hall–Kier alpha value is -1.12. The highest BCUT2D eigenvalue weighted by atomic mass is 31.2. The van der Waals surface area contributed by atoms with Crippen LogP contribution < -0.4 is 5.30 Å². The van der Waals surface area contributed by atoms with Crippen LogP contribution in [0.3, 0.4) is 0 Å². The molecule has 0 aliphatic carbocycles. The molecule has 0 saturated heterocycles. The Morgan fingerprint density at radius 2 is 1.93 bits per heavy atom. The Labute approximate surface area is 88.3 Å². The van der Waals surface area contributed by atoms with E-state index in [2.05, 4.69) is 0 Å². The van der Waals surface area contributed by atoms with Gasteiger partial charge in [-0.3, -0.25) is 9.36 Å². The predicted molar refractivity (Wildman–Crippen MR) is 57.8 cm³/mol. The van der Waals surface area contributed by atoms with Gasteiger partial charge in [0.1, 0.15) is 5.66 Å². The van der Waals surface area contributed by atoms with Crippen LogP contribution in [0.4, 0.5) is 0 Å². The third kappa shape index (κ3) is 2.28. The zero-order valence-electron chi connectivity index (χ0n) is 8.58. The molecule has 2 atom stereocenters. The van der Waals surface area contributed by atoms with Crippen molar-refractivity contribution in [3.05, 3.63) is 30.3 Å². The minimum absolute atomic E-state index is 0.433. The van der Waals surface area contributed by atoms with Crippen molar-refractivity contribution in [2.45, 2.75) is 12.6 Å². The number of carboxylic acid groups (broad SMARTS) is 1. The van der Waals surface area contributed by atoms with E-state index in [4.69, 9.17) is 9.63 Å². The maximum Gasteiger partial charge on any atom is 0.316 e. The van der Waals surface area contributed by atoms with E-state index in [1.165, 1.54) is 14.0 Å². The molecular weight excluding hydrogens is 215 g/mol. The molecule has 1 aromatic rings. The fourth-order valence-electron chi connectivity index (χ4n) is 1.27. The summed E-state index contributed by atoms with van der Waals surface area (Å²) in [6, 6.07) is 8.41. The van der Waals surface area contributed by atoms with Gasteiger partial charge < -0.3 is 9.63 Å². The van der Waals surface area contributed by atoms with Gasteiger partial charge >= 0.3 is 5.97 Å². The highest BCUT2D eigenvalue weighted by Gasteiger charge is 2.36. The van der Waals surface area contributed by atoms with Gasteiger partial charge in [-0.05, 0) is 19.1 Å². The molecule has 0 heterocycles. The van der Waals surface area contributed by atoms with Crippen molar-refractivity contribution in [1.82, 2.24) is 0 Å². The highest BCUT2D eigenvalue weighted by molar-refractivity contribution is 7.68. The van der Waals surface area contributed by atoms with Crippen LogP contribution in [0.25, 0.3) is 0 Å². The Balaban J connectivity index is 3.17. The second-order valence-electron chi connectivity index (χ2n) is 3.13. The number of rotatable bonds is 4. The summed E-state index contributed by atoms with van der Waals surface area (Å²) in [5.74, 6) is -1.12. The van der Waals surface area contributed by atoms with E-state index in [1.54, 1.807) is 30.3 Å². The van der Waals surface area contributed by atoms with Gasteiger partial charge in [0, 0.05) is 12.4 Å². The van der Waals surface area contributed by atoms with Gasteiger partial charge in [0.25, 0.3) is 0 Å². The van der Waals surface area contributed by atoms with Gasteiger partial charge in [0.15, 0.2) is 0 Å². The molecule has 0 aliphatic heterocycles. The van der Waals surface area contributed by atoms with Gasteiger partial charge in [-0.15, -0.1) is 0 Å². The molecule has 1 rings (SSSR count). The number of hydrogen-bond acceptors (Lipinski definition) is 3. The lowest BCUT2D eigenvalue weighted by Crippen LogP contribution is -2.23. The smallest absolute Gasteiger partial charge is 0.316 e. The predicted octanol–water partition coefficient (Wildman–Crippen LogP) is 1.71. The molecular formula is C10H13O4P. The molecule has 82 valence electrons. The Morgan fingerprint density at radius 1 is 1.40 bits per heavy atom. The van der Waals surface area contributed by atoms with Crippen molar-refractivity contribution >= 4 is 18.6 Å². The summed E-state index contributed by atoms with van der Waals surface area (Å²) in [5.41, 5.74) is -1.04. The molecule has 1 N–H and O–H groups in total. The molecule has 1 aromatic carbocycles. The summed E-state index contributed by atoms with van der Waals surface area (Å²) in [6.07, 6.45) is 0.